The average molecular weight is 224 g/mol. The lowest BCUT2D eigenvalue weighted by Gasteiger charge is -2.26. The van der Waals surface area contributed by atoms with Crippen LogP contribution in [-0.2, 0) is 19.1 Å². The standard InChI is InChI=1S/C12H16O4/c1-11(2,3)16-10(14)12(4)7-5-6-8-15-9(12)13/h5-8H,1-4H3/t12-/m0/s1. The van der Waals surface area contributed by atoms with Crippen molar-refractivity contribution < 1.29 is 19.1 Å². The third kappa shape index (κ3) is 2.72. The first-order valence-electron chi connectivity index (χ1n) is 5.04. The van der Waals surface area contributed by atoms with E-state index in [-0.39, 0.29) is 0 Å². The van der Waals surface area contributed by atoms with Gasteiger partial charge in [0.15, 0.2) is 5.41 Å². The molecule has 88 valence electrons. The normalized spacial score (nSPS) is 24.9. The zero-order valence-electron chi connectivity index (χ0n) is 9.94. The van der Waals surface area contributed by atoms with E-state index in [1.807, 2.05) is 0 Å². The van der Waals surface area contributed by atoms with Gasteiger partial charge in [0.2, 0.25) is 0 Å². The smallest absolute Gasteiger partial charge is 0.331 e. The van der Waals surface area contributed by atoms with Crippen LogP contribution >= 0.6 is 0 Å². The maximum atomic E-state index is 11.9. The second-order valence-electron chi connectivity index (χ2n) is 4.80. The van der Waals surface area contributed by atoms with Crippen molar-refractivity contribution in [1.29, 1.82) is 0 Å². The third-order valence-corrected chi connectivity index (χ3v) is 2.04. The molecule has 0 radical (unpaired) electrons. The molecule has 0 saturated carbocycles. The van der Waals surface area contributed by atoms with Crippen LogP contribution < -0.4 is 0 Å². The highest BCUT2D eigenvalue weighted by Crippen LogP contribution is 2.27. The van der Waals surface area contributed by atoms with Crippen LogP contribution in [0.4, 0.5) is 0 Å². The minimum absolute atomic E-state index is 0.607. The number of rotatable bonds is 1. The monoisotopic (exact) mass is 224 g/mol. The first-order chi connectivity index (χ1) is 7.26. The quantitative estimate of drug-likeness (QED) is 0.504. The van der Waals surface area contributed by atoms with E-state index in [9.17, 15) is 9.59 Å². The molecule has 0 aromatic carbocycles. The summed E-state index contributed by atoms with van der Waals surface area (Å²) < 4.78 is 9.96. The second kappa shape index (κ2) is 4.12. The fraction of sp³-hybridized carbons (Fsp3) is 0.500. The van der Waals surface area contributed by atoms with Crippen LogP contribution in [0.25, 0.3) is 0 Å². The summed E-state index contributed by atoms with van der Waals surface area (Å²) in [6.45, 7) is 6.72. The lowest BCUT2D eigenvalue weighted by Crippen LogP contribution is -2.40. The SMILES string of the molecule is CC(C)(C)OC(=O)[C@@]1(C)C=CC=COC1=O. The van der Waals surface area contributed by atoms with Gasteiger partial charge in [0.1, 0.15) is 5.60 Å². The minimum Gasteiger partial charge on any atom is -0.459 e. The number of carbonyl (C=O) groups excluding carboxylic acids is 2. The largest absolute Gasteiger partial charge is 0.459 e. The van der Waals surface area contributed by atoms with Crippen LogP contribution in [0.15, 0.2) is 24.5 Å². The van der Waals surface area contributed by atoms with Crippen LogP contribution in [0.3, 0.4) is 0 Å². The molecule has 0 spiro atoms. The highest BCUT2D eigenvalue weighted by Gasteiger charge is 2.43. The number of allylic oxidation sites excluding steroid dienone is 2. The van der Waals surface area contributed by atoms with E-state index in [1.165, 1.54) is 19.3 Å². The summed E-state index contributed by atoms with van der Waals surface area (Å²) in [5.74, 6) is -1.24. The van der Waals surface area contributed by atoms with Crippen molar-refractivity contribution in [3.63, 3.8) is 0 Å². The second-order valence-corrected chi connectivity index (χ2v) is 4.80. The Labute approximate surface area is 94.9 Å². The predicted octanol–water partition coefficient (Wildman–Crippen LogP) is 1.96. The van der Waals surface area contributed by atoms with Gasteiger partial charge < -0.3 is 9.47 Å². The van der Waals surface area contributed by atoms with Gasteiger partial charge in [-0.1, -0.05) is 12.2 Å². The lowest BCUT2D eigenvalue weighted by atomic mass is 9.90. The van der Waals surface area contributed by atoms with Gasteiger partial charge in [0.25, 0.3) is 0 Å². The number of ether oxygens (including phenoxy) is 2. The fourth-order valence-corrected chi connectivity index (χ4v) is 1.12. The fourth-order valence-electron chi connectivity index (χ4n) is 1.12. The molecule has 1 heterocycles. The van der Waals surface area contributed by atoms with Crippen molar-refractivity contribution in [1.82, 2.24) is 0 Å². The Hall–Kier alpha value is -1.58. The Morgan fingerprint density at radius 2 is 2.00 bits per heavy atom. The molecule has 0 amide bonds. The van der Waals surface area contributed by atoms with Gasteiger partial charge in [-0.3, -0.25) is 9.59 Å². The van der Waals surface area contributed by atoms with Gasteiger partial charge in [0, 0.05) is 0 Å². The van der Waals surface area contributed by atoms with Gasteiger partial charge in [-0.15, -0.1) is 0 Å². The van der Waals surface area contributed by atoms with E-state index in [0.29, 0.717) is 0 Å². The zero-order valence-corrected chi connectivity index (χ0v) is 9.94. The van der Waals surface area contributed by atoms with Crippen LogP contribution in [0, 0.1) is 5.41 Å². The molecule has 0 saturated heterocycles. The maximum Gasteiger partial charge on any atom is 0.331 e. The Kier molecular flexibility index (Phi) is 3.21. The van der Waals surface area contributed by atoms with Crippen LogP contribution in [0.1, 0.15) is 27.7 Å². The molecule has 1 aliphatic heterocycles. The molecular weight excluding hydrogens is 208 g/mol. The molecule has 4 nitrogen and oxygen atoms in total. The number of esters is 2. The first-order valence-corrected chi connectivity index (χ1v) is 5.04. The van der Waals surface area contributed by atoms with E-state index in [0.717, 1.165) is 0 Å². The van der Waals surface area contributed by atoms with E-state index in [1.54, 1.807) is 32.9 Å². The van der Waals surface area contributed by atoms with Gasteiger partial charge >= 0.3 is 11.9 Å². The molecule has 16 heavy (non-hydrogen) atoms. The molecule has 0 aromatic rings. The molecular formula is C12H16O4. The third-order valence-electron chi connectivity index (χ3n) is 2.04. The zero-order chi connectivity index (χ0) is 12.4. The molecule has 1 atom stereocenters. The lowest BCUT2D eigenvalue weighted by molar-refractivity contribution is -0.171. The Morgan fingerprint density at radius 1 is 1.38 bits per heavy atom. The van der Waals surface area contributed by atoms with Crippen LogP contribution in [0.2, 0.25) is 0 Å². The highest BCUT2D eigenvalue weighted by atomic mass is 16.6. The highest BCUT2D eigenvalue weighted by molar-refractivity contribution is 6.02. The van der Waals surface area contributed by atoms with Crippen molar-refractivity contribution in [3.05, 3.63) is 24.5 Å². The van der Waals surface area contributed by atoms with Crippen molar-refractivity contribution in [2.75, 3.05) is 0 Å². The summed E-state index contributed by atoms with van der Waals surface area (Å²) in [7, 11) is 0. The van der Waals surface area contributed by atoms with Gasteiger partial charge in [-0.2, -0.15) is 0 Å². The van der Waals surface area contributed by atoms with Crippen molar-refractivity contribution in [2.24, 2.45) is 5.41 Å². The summed E-state index contributed by atoms with van der Waals surface area (Å²) in [5.41, 5.74) is -2.01. The summed E-state index contributed by atoms with van der Waals surface area (Å²) in [6.07, 6.45) is 5.86. The van der Waals surface area contributed by atoms with Gasteiger partial charge in [-0.05, 0) is 33.8 Å². The van der Waals surface area contributed by atoms with E-state index >= 15 is 0 Å². The van der Waals surface area contributed by atoms with Crippen molar-refractivity contribution in [2.45, 2.75) is 33.3 Å². The molecule has 0 unspecified atom stereocenters. The Balaban J connectivity index is 2.92. The predicted molar refractivity (Wildman–Crippen MR) is 58.3 cm³/mol. The van der Waals surface area contributed by atoms with E-state index in [4.69, 9.17) is 9.47 Å². The van der Waals surface area contributed by atoms with E-state index < -0.39 is 23.0 Å². The molecule has 0 aliphatic carbocycles. The molecule has 0 N–H and O–H groups in total. The summed E-state index contributed by atoms with van der Waals surface area (Å²) in [5, 5.41) is 0. The minimum atomic E-state index is -1.38. The molecule has 0 bridgehead atoms. The number of carbonyl (C=O) groups is 2. The summed E-state index contributed by atoms with van der Waals surface area (Å²) >= 11 is 0. The molecule has 4 heteroatoms. The summed E-state index contributed by atoms with van der Waals surface area (Å²) in [4.78, 5) is 23.5. The van der Waals surface area contributed by atoms with E-state index in [2.05, 4.69) is 0 Å². The topological polar surface area (TPSA) is 52.6 Å². The molecule has 1 aliphatic rings. The molecule has 0 fully saturated rings. The first kappa shape index (κ1) is 12.5. The van der Waals surface area contributed by atoms with Crippen LogP contribution in [0.5, 0.6) is 0 Å². The number of cyclic esters (lactones) is 1. The Morgan fingerprint density at radius 3 is 2.56 bits per heavy atom. The van der Waals surface area contributed by atoms with Crippen molar-refractivity contribution in [3.8, 4) is 0 Å². The number of hydrogen-bond donors (Lipinski definition) is 0. The molecule has 0 aromatic heterocycles. The Bertz CT molecular complexity index is 360. The van der Waals surface area contributed by atoms with Crippen molar-refractivity contribution >= 4 is 11.9 Å². The van der Waals surface area contributed by atoms with Gasteiger partial charge in [0.05, 0.1) is 6.26 Å². The van der Waals surface area contributed by atoms with Gasteiger partial charge in [-0.25, -0.2) is 0 Å². The molecule has 1 rings (SSSR count). The maximum absolute atomic E-state index is 11.9. The summed E-state index contributed by atoms with van der Waals surface area (Å²) in [6, 6.07) is 0. The average Bonchev–Trinajstić information content (AvgIpc) is 2.28. The van der Waals surface area contributed by atoms with Crippen LogP contribution in [-0.4, -0.2) is 17.5 Å². The number of hydrogen-bond acceptors (Lipinski definition) is 4.